The predicted octanol–water partition coefficient (Wildman–Crippen LogP) is 3.82. The second-order valence-electron chi connectivity index (χ2n) is 5.55. The number of carbonyl (C=O) groups excluding carboxylic acids is 2. The van der Waals surface area contributed by atoms with E-state index < -0.39 is 16.8 Å². The Morgan fingerprint density at radius 1 is 1.17 bits per heavy atom. The lowest BCUT2D eigenvalue weighted by molar-refractivity contribution is -0.384. The number of nitro benzene ring substituents is 1. The van der Waals surface area contributed by atoms with E-state index in [-0.39, 0.29) is 22.8 Å². The van der Waals surface area contributed by atoms with Crippen LogP contribution in [0.25, 0.3) is 0 Å². The smallest absolute Gasteiger partial charge is 0.343 e. The number of esters is 1. The van der Waals surface area contributed by atoms with Crippen molar-refractivity contribution in [2.75, 3.05) is 0 Å². The van der Waals surface area contributed by atoms with Crippen molar-refractivity contribution in [1.82, 2.24) is 5.43 Å². The SMILES string of the molecule is O=C(Oc1ccc(Cl)cc1/C=N/NC(=O)c1ccco1)c1ccc([N+](=O)[O-])cc1. The van der Waals surface area contributed by atoms with E-state index in [1.165, 1.54) is 61.0 Å². The van der Waals surface area contributed by atoms with Crippen LogP contribution in [0.2, 0.25) is 5.02 Å². The minimum absolute atomic E-state index is 0.0815. The quantitative estimate of drug-likeness (QED) is 0.215. The van der Waals surface area contributed by atoms with Crippen molar-refractivity contribution in [3.8, 4) is 5.75 Å². The van der Waals surface area contributed by atoms with E-state index in [1.54, 1.807) is 6.07 Å². The Kier molecular flexibility index (Phi) is 6.00. The third-order valence-corrected chi connectivity index (χ3v) is 3.84. The number of ether oxygens (including phenoxy) is 1. The molecule has 0 atom stereocenters. The second kappa shape index (κ2) is 8.81. The molecule has 1 aromatic heterocycles. The molecule has 0 saturated heterocycles. The highest BCUT2D eigenvalue weighted by Crippen LogP contribution is 2.23. The van der Waals surface area contributed by atoms with Crippen LogP contribution in [0.15, 0.2) is 70.4 Å². The van der Waals surface area contributed by atoms with Crippen LogP contribution in [-0.2, 0) is 0 Å². The van der Waals surface area contributed by atoms with Gasteiger partial charge < -0.3 is 9.15 Å². The Labute approximate surface area is 168 Å². The summed E-state index contributed by atoms with van der Waals surface area (Å²) in [6.45, 7) is 0. The topological polar surface area (TPSA) is 124 Å². The minimum Gasteiger partial charge on any atom is -0.459 e. The summed E-state index contributed by atoms with van der Waals surface area (Å²) in [5.74, 6) is -1.07. The number of rotatable bonds is 6. The zero-order chi connectivity index (χ0) is 20.8. The Bertz CT molecular complexity index is 1080. The lowest BCUT2D eigenvalue weighted by atomic mass is 10.2. The normalized spacial score (nSPS) is 10.7. The molecule has 29 heavy (non-hydrogen) atoms. The standard InChI is InChI=1S/C19H12ClN3O6/c20-14-5-8-16(29-19(25)12-3-6-15(7-4-12)23(26)27)13(10-14)11-21-22-18(24)17-2-1-9-28-17/h1-11H,(H,22,24)/b21-11+. The van der Waals surface area contributed by atoms with Gasteiger partial charge in [-0.1, -0.05) is 11.6 Å². The lowest BCUT2D eigenvalue weighted by Gasteiger charge is -2.08. The fourth-order valence-electron chi connectivity index (χ4n) is 2.21. The Morgan fingerprint density at radius 2 is 1.93 bits per heavy atom. The molecule has 0 aliphatic heterocycles. The van der Waals surface area contributed by atoms with Gasteiger partial charge in [0, 0.05) is 22.7 Å². The summed E-state index contributed by atoms with van der Waals surface area (Å²) >= 11 is 5.97. The molecule has 0 saturated carbocycles. The number of benzene rings is 2. The number of nitrogens with zero attached hydrogens (tertiary/aromatic N) is 2. The number of hydrazone groups is 1. The van der Waals surface area contributed by atoms with Crippen molar-refractivity contribution in [3.63, 3.8) is 0 Å². The van der Waals surface area contributed by atoms with E-state index in [0.29, 0.717) is 10.6 Å². The first-order valence-corrected chi connectivity index (χ1v) is 8.45. The number of amides is 1. The van der Waals surface area contributed by atoms with E-state index in [0.717, 1.165) is 0 Å². The van der Waals surface area contributed by atoms with E-state index in [4.69, 9.17) is 20.8 Å². The van der Waals surface area contributed by atoms with Crippen LogP contribution in [0.1, 0.15) is 26.5 Å². The monoisotopic (exact) mass is 413 g/mol. The predicted molar refractivity (Wildman–Crippen MR) is 103 cm³/mol. The highest BCUT2D eigenvalue weighted by Gasteiger charge is 2.14. The Hall–Kier alpha value is -3.98. The van der Waals surface area contributed by atoms with Crippen LogP contribution in [-0.4, -0.2) is 23.0 Å². The molecule has 0 aliphatic rings. The van der Waals surface area contributed by atoms with Gasteiger partial charge in [0.05, 0.1) is 23.0 Å². The number of hydrogen-bond donors (Lipinski definition) is 1. The summed E-state index contributed by atoms with van der Waals surface area (Å²) in [6.07, 6.45) is 2.61. The van der Waals surface area contributed by atoms with Gasteiger partial charge in [0.15, 0.2) is 5.76 Å². The van der Waals surface area contributed by atoms with Gasteiger partial charge in [0.1, 0.15) is 5.75 Å². The van der Waals surface area contributed by atoms with Crippen molar-refractivity contribution in [2.45, 2.75) is 0 Å². The number of furan rings is 1. The number of nitro groups is 1. The third kappa shape index (κ3) is 5.05. The van der Waals surface area contributed by atoms with Crippen molar-refractivity contribution in [3.05, 3.63) is 92.9 Å². The molecule has 0 unspecified atom stereocenters. The molecule has 0 fully saturated rings. The molecular formula is C19H12ClN3O6. The summed E-state index contributed by atoms with van der Waals surface area (Å²) in [7, 11) is 0. The first-order chi connectivity index (χ1) is 13.9. The molecule has 3 aromatic rings. The third-order valence-electron chi connectivity index (χ3n) is 3.60. The number of nitrogens with one attached hydrogen (secondary N) is 1. The molecule has 0 spiro atoms. The first-order valence-electron chi connectivity index (χ1n) is 8.07. The lowest BCUT2D eigenvalue weighted by Crippen LogP contribution is -2.17. The zero-order valence-corrected chi connectivity index (χ0v) is 15.3. The molecular weight excluding hydrogens is 402 g/mol. The van der Waals surface area contributed by atoms with Gasteiger partial charge in [-0.15, -0.1) is 0 Å². The van der Waals surface area contributed by atoms with E-state index in [9.17, 15) is 19.7 Å². The van der Waals surface area contributed by atoms with E-state index >= 15 is 0 Å². The molecule has 1 amide bonds. The summed E-state index contributed by atoms with van der Waals surface area (Å²) in [6, 6.07) is 12.5. The molecule has 0 radical (unpaired) electrons. The highest BCUT2D eigenvalue weighted by molar-refractivity contribution is 6.31. The van der Waals surface area contributed by atoms with Crippen LogP contribution in [0, 0.1) is 10.1 Å². The highest BCUT2D eigenvalue weighted by atomic mass is 35.5. The van der Waals surface area contributed by atoms with Crippen LogP contribution < -0.4 is 10.2 Å². The second-order valence-corrected chi connectivity index (χ2v) is 5.99. The van der Waals surface area contributed by atoms with Gasteiger partial charge in [0.25, 0.3) is 5.69 Å². The molecule has 9 nitrogen and oxygen atoms in total. The largest absolute Gasteiger partial charge is 0.459 e. The molecule has 1 N–H and O–H groups in total. The average molecular weight is 414 g/mol. The molecule has 146 valence electrons. The first kappa shape index (κ1) is 19.8. The van der Waals surface area contributed by atoms with Crippen LogP contribution in [0.4, 0.5) is 5.69 Å². The maximum Gasteiger partial charge on any atom is 0.343 e. The number of halogens is 1. The number of carbonyl (C=O) groups is 2. The van der Waals surface area contributed by atoms with Crippen LogP contribution in [0.3, 0.4) is 0 Å². The van der Waals surface area contributed by atoms with Gasteiger partial charge in [-0.05, 0) is 42.5 Å². The molecule has 1 heterocycles. The van der Waals surface area contributed by atoms with Crippen molar-refractivity contribution in [1.29, 1.82) is 0 Å². The van der Waals surface area contributed by atoms with Crippen molar-refractivity contribution >= 4 is 35.4 Å². The fraction of sp³-hybridized carbons (Fsp3) is 0. The molecule has 3 rings (SSSR count). The molecule has 10 heteroatoms. The van der Waals surface area contributed by atoms with Gasteiger partial charge in [0.2, 0.25) is 0 Å². The molecule has 0 bridgehead atoms. The summed E-state index contributed by atoms with van der Waals surface area (Å²) in [5.41, 5.74) is 2.58. The molecule has 2 aromatic carbocycles. The average Bonchev–Trinajstić information content (AvgIpc) is 3.25. The van der Waals surface area contributed by atoms with E-state index in [1.807, 2.05) is 0 Å². The Morgan fingerprint density at radius 3 is 2.59 bits per heavy atom. The van der Waals surface area contributed by atoms with E-state index in [2.05, 4.69) is 10.5 Å². The number of non-ortho nitro benzene ring substituents is 1. The van der Waals surface area contributed by atoms with Crippen LogP contribution >= 0.6 is 11.6 Å². The molecule has 0 aliphatic carbocycles. The summed E-state index contributed by atoms with van der Waals surface area (Å²) < 4.78 is 10.3. The van der Waals surface area contributed by atoms with Gasteiger partial charge >= 0.3 is 11.9 Å². The van der Waals surface area contributed by atoms with Crippen molar-refractivity contribution in [2.24, 2.45) is 5.10 Å². The fourth-order valence-corrected chi connectivity index (χ4v) is 2.40. The van der Waals surface area contributed by atoms with Gasteiger partial charge in [-0.25, -0.2) is 10.2 Å². The van der Waals surface area contributed by atoms with Gasteiger partial charge in [-0.2, -0.15) is 5.10 Å². The Balaban J connectivity index is 1.74. The summed E-state index contributed by atoms with van der Waals surface area (Å²) in [5, 5.41) is 14.9. The maximum absolute atomic E-state index is 12.3. The maximum atomic E-state index is 12.3. The minimum atomic E-state index is -0.725. The van der Waals surface area contributed by atoms with Crippen molar-refractivity contribution < 1.29 is 23.7 Å². The summed E-state index contributed by atoms with van der Waals surface area (Å²) in [4.78, 5) is 34.3. The van der Waals surface area contributed by atoms with Gasteiger partial charge in [-0.3, -0.25) is 14.9 Å². The zero-order valence-electron chi connectivity index (χ0n) is 14.6. The number of hydrogen-bond acceptors (Lipinski definition) is 7. The van der Waals surface area contributed by atoms with Crippen LogP contribution in [0.5, 0.6) is 5.75 Å².